The quantitative estimate of drug-likeness (QED) is 0.729. The summed E-state index contributed by atoms with van der Waals surface area (Å²) in [6.45, 7) is 1.66. The van der Waals surface area contributed by atoms with Crippen molar-refractivity contribution in [3.8, 4) is 0 Å². The van der Waals surface area contributed by atoms with Crippen LogP contribution in [0.2, 0.25) is 0 Å². The number of hydrogen-bond donors (Lipinski definition) is 2. The maximum absolute atomic E-state index is 11.7. The fourth-order valence-corrected chi connectivity index (χ4v) is 2.27. The monoisotopic (exact) mass is 256 g/mol. The van der Waals surface area contributed by atoms with Crippen molar-refractivity contribution >= 4 is 0 Å². The van der Waals surface area contributed by atoms with Gasteiger partial charge < -0.3 is 19.6 Å². The largest absolute Gasteiger partial charge is 0.394 e. The maximum Gasteiger partial charge on any atom is 0.330 e. The highest BCUT2D eigenvalue weighted by Crippen LogP contribution is 2.33. The Morgan fingerprint density at radius 1 is 1.56 bits per heavy atom. The molecule has 0 spiro atoms. The minimum atomic E-state index is -0.820. The molecule has 4 unspecified atom stereocenters. The summed E-state index contributed by atoms with van der Waals surface area (Å²) in [5, 5.41) is 9.20. The van der Waals surface area contributed by atoms with Crippen LogP contribution in [0.25, 0.3) is 0 Å². The van der Waals surface area contributed by atoms with Crippen LogP contribution in [0.5, 0.6) is 0 Å². The van der Waals surface area contributed by atoms with Gasteiger partial charge in [-0.15, -0.1) is 0 Å². The molecule has 2 rings (SSSR count). The second kappa shape index (κ2) is 5.05. The van der Waals surface area contributed by atoms with Gasteiger partial charge in [-0.25, -0.2) is 9.36 Å². The molecule has 100 valence electrons. The van der Waals surface area contributed by atoms with E-state index in [9.17, 15) is 14.7 Å². The number of aliphatic hydroxyl groups is 1. The Balaban J connectivity index is 2.44. The molecule has 0 saturated carbocycles. The van der Waals surface area contributed by atoms with Crippen molar-refractivity contribution in [2.24, 2.45) is 5.92 Å². The van der Waals surface area contributed by atoms with E-state index in [-0.39, 0.29) is 12.5 Å². The molecular formula is C11H16N2O5. The summed E-state index contributed by atoms with van der Waals surface area (Å²) < 4.78 is 11.8. The van der Waals surface area contributed by atoms with Crippen LogP contribution in [-0.2, 0) is 9.47 Å². The molecule has 0 aromatic carbocycles. The van der Waals surface area contributed by atoms with Crippen molar-refractivity contribution in [3.63, 3.8) is 0 Å². The summed E-state index contributed by atoms with van der Waals surface area (Å²) in [7, 11) is 1.49. The van der Waals surface area contributed by atoms with E-state index in [4.69, 9.17) is 9.47 Å². The normalized spacial score (nSPS) is 31.7. The van der Waals surface area contributed by atoms with Gasteiger partial charge in [0.2, 0.25) is 0 Å². The molecule has 1 aliphatic rings. The van der Waals surface area contributed by atoms with E-state index in [1.54, 1.807) is 0 Å². The number of hydrogen-bond acceptors (Lipinski definition) is 5. The summed E-state index contributed by atoms with van der Waals surface area (Å²) in [6, 6.07) is 1.24. The van der Waals surface area contributed by atoms with Gasteiger partial charge in [0.15, 0.2) is 6.23 Å². The Bertz CT molecular complexity index is 494. The van der Waals surface area contributed by atoms with Crippen molar-refractivity contribution in [1.82, 2.24) is 9.55 Å². The molecule has 1 saturated heterocycles. The van der Waals surface area contributed by atoms with Gasteiger partial charge in [-0.2, -0.15) is 0 Å². The fourth-order valence-electron chi connectivity index (χ4n) is 2.27. The highest BCUT2D eigenvalue weighted by Gasteiger charge is 2.43. The highest BCUT2D eigenvalue weighted by molar-refractivity contribution is 4.92. The third-order valence-corrected chi connectivity index (χ3v) is 3.30. The summed E-state index contributed by atoms with van der Waals surface area (Å²) in [5.74, 6) is -0.114. The van der Waals surface area contributed by atoms with Crippen LogP contribution in [0, 0.1) is 5.92 Å². The zero-order chi connectivity index (χ0) is 13.3. The molecule has 0 bridgehead atoms. The van der Waals surface area contributed by atoms with E-state index in [0.717, 1.165) is 4.57 Å². The third kappa shape index (κ3) is 2.00. The molecular weight excluding hydrogens is 240 g/mol. The average molecular weight is 256 g/mol. The first-order valence-electron chi connectivity index (χ1n) is 5.69. The smallest absolute Gasteiger partial charge is 0.330 e. The number of methoxy groups -OCH3 is 1. The lowest BCUT2D eigenvalue weighted by Crippen LogP contribution is -2.41. The van der Waals surface area contributed by atoms with Crippen LogP contribution in [0.4, 0.5) is 0 Å². The second-order valence-electron chi connectivity index (χ2n) is 4.30. The standard InChI is InChI=1S/C11H16N2O5/c1-6-7(5-14)18-10(9(6)17-2)13-8(15)3-4-12-11(13)16/h3-4,6-7,9-10,14H,5H2,1-2H3,(H,12,16). The predicted molar refractivity (Wildman–Crippen MR) is 62.3 cm³/mol. The first-order valence-corrected chi connectivity index (χ1v) is 5.69. The molecule has 18 heavy (non-hydrogen) atoms. The summed E-state index contributed by atoms with van der Waals surface area (Å²) >= 11 is 0. The van der Waals surface area contributed by atoms with Gasteiger partial charge in [-0.1, -0.05) is 6.92 Å². The van der Waals surface area contributed by atoms with Crippen molar-refractivity contribution in [2.45, 2.75) is 25.4 Å². The van der Waals surface area contributed by atoms with Gasteiger partial charge in [-0.05, 0) is 0 Å². The van der Waals surface area contributed by atoms with Crippen LogP contribution in [0.3, 0.4) is 0 Å². The number of H-pyrrole nitrogens is 1. The van der Waals surface area contributed by atoms with Crippen molar-refractivity contribution in [1.29, 1.82) is 0 Å². The van der Waals surface area contributed by atoms with Crippen LogP contribution in [0.1, 0.15) is 13.2 Å². The van der Waals surface area contributed by atoms with Gasteiger partial charge in [0.1, 0.15) is 6.10 Å². The molecule has 7 nitrogen and oxygen atoms in total. The van der Waals surface area contributed by atoms with Crippen LogP contribution >= 0.6 is 0 Å². The zero-order valence-electron chi connectivity index (χ0n) is 10.2. The van der Waals surface area contributed by atoms with Gasteiger partial charge in [-0.3, -0.25) is 4.79 Å². The molecule has 1 aromatic rings. The molecule has 4 atom stereocenters. The lowest BCUT2D eigenvalue weighted by Gasteiger charge is -2.20. The first-order chi connectivity index (χ1) is 8.60. The SMILES string of the molecule is COC1C(C)C(CO)OC1n1c(=O)cc[nH]c1=O. The minimum Gasteiger partial charge on any atom is -0.394 e. The fraction of sp³-hybridized carbons (Fsp3) is 0.636. The van der Waals surface area contributed by atoms with Crippen LogP contribution < -0.4 is 11.2 Å². The summed E-state index contributed by atoms with van der Waals surface area (Å²) in [4.78, 5) is 25.9. The third-order valence-electron chi connectivity index (χ3n) is 3.30. The topological polar surface area (TPSA) is 93.5 Å². The van der Waals surface area contributed by atoms with Crippen molar-refractivity contribution in [2.75, 3.05) is 13.7 Å². The average Bonchev–Trinajstić information content (AvgIpc) is 2.65. The van der Waals surface area contributed by atoms with E-state index in [0.29, 0.717) is 0 Å². The number of nitrogens with one attached hydrogen (secondary N) is 1. The Hall–Kier alpha value is -1.44. The minimum absolute atomic E-state index is 0.114. The van der Waals surface area contributed by atoms with Gasteiger partial charge in [0.05, 0.1) is 12.7 Å². The molecule has 0 radical (unpaired) electrons. The molecule has 7 heteroatoms. The summed E-state index contributed by atoms with van der Waals surface area (Å²) in [5.41, 5.74) is -1.02. The maximum atomic E-state index is 11.7. The number of aliphatic hydroxyl groups excluding tert-OH is 1. The van der Waals surface area contributed by atoms with E-state index in [1.165, 1.54) is 19.4 Å². The van der Waals surface area contributed by atoms with Gasteiger partial charge in [0, 0.05) is 25.3 Å². The zero-order valence-corrected chi connectivity index (χ0v) is 10.2. The van der Waals surface area contributed by atoms with Crippen LogP contribution in [-0.4, -0.2) is 40.6 Å². The predicted octanol–water partition coefficient (Wildman–Crippen LogP) is -0.923. The number of aromatic amines is 1. The molecule has 0 amide bonds. The Morgan fingerprint density at radius 2 is 2.28 bits per heavy atom. The number of nitrogens with zero attached hydrogens (tertiary/aromatic N) is 1. The Labute approximate surface area is 103 Å². The molecule has 1 aliphatic heterocycles. The number of ether oxygens (including phenoxy) is 2. The van der Waals surface area contributed by atoms with E-state index >= 15 is 0 Å². The number of aromatic nitrogens is 2. The van der Waals surface area contributed by atoms with Crippen molar-refractivity contribution in [3.05, 3.63) is 33.1 Å². The Morgan fingerprint density at radius 3 is 2.83 bits per heavy atom. The van der Waals surface area contributed by atoms with Crippen molar-refractivity contribution < 1.29 is 14.6 Å². The molecule has 1 aromatic heterocycles. The molecule has 1 fully saturated rings. The molecule has 2 N–H and O–H groups in total. The molecule has 2 heterocycles. The lowest BCUT2D eigenvalue weighted by atomic mass is 10.0. The van der Waals surface area contributed by atoms with Crippen LogP contribution in [0.15, 0.2) is 21.9 Å². The number of rotatable bonds is 3. The highest BCUT2D eigenvalue weighted by atomic mass is 16.6. The first kappa shape index (κ1) is 13.0. The van der Waals surface area contributed by atoms with E-state index in [2.05, 4.69) is 4.98 Å². The van der Waals surface area contributed by atoms with Gasteiger partial charge >= 0.3 is 5.69 Å². The second-order valence-corrected chi connectivity index (χ2v) is 4.30. The summed E-state index contributed by atoms with van der Waals surface area (Å²) in [6.07, 6.45) is -0.445. The van der Waals surface area contributed by atoms with E-state index < -0.39 is 29.7 Å². The van der Waals surface area contributed by atoms with E-state index in [1.807, 2.05) is 6.92 Å². The Kier molecular flexibility index (Phi) is 3.65. The lowest BCUT2D eigenvalue weighted by molar-refractivity contribution is -0.0640. The molecule has 0 aliphatic carbocycles. The van der Waals surface area contributed by atoms with Gasteiger partial charge in [0.25, 0.3) is 5.56 Å².